The van der Waals surface area contributed by atoms with E-state index in [1.165, 1.54) is 0 Å². The summed E-state index contributed by atoms with van der Waals surface area (Å²) in [7, 11) is 0. The normalized spacial score (nSPS) is 12.2. The molecule has 0 saturated heterocycles. The third kappa shape index (κ3) is 6.02. The molecule has 82 valence electrons. The lowest BCUT2D eigenvalue weighted by Crippen LogP contribution is -2.20. The first-order valence-electron chi connectivity index (χ1n) is 5.27. The van der Waals surface area contributed by atoms with E-state index in [9.17, 15) is 0 Å². The van der Waals surface area contributed by atoms with Crippen molar-refractivity contribution in [3.05, 3.63) is 35.9 Å². The molecule has 1 aromatic rings. The molecule has 15 heavy (non-hydrogen) atoms. The minimum Gasteiger partial charge on any atom is -0.374 e. The van der Waals surface area contributed by atoms with Gasteiger partial charge in [-0.3, -0.25) is 4.99 Å². The Bertz CT molecular complexity index is 298. The van der Waals surface area contributed by atoms with Gasteiger partial charge in [-0.2, -0.15) is 0 Å². The molecule has 0 aliphatic heterocycles. The number of hydrogen-bond donors (Lipinski definition) is 0. The first-order chi connectivity index (χ1) is 7.08. The van der Waals surface area contributed by atoms with E-state index in [1.54, 1.807) is 0 Å². The quantitative estimate of drug-likeness (QED) is 0.547. The van der Waals surface area contributed by atoms with Crippen LogP contribution in [0.1, 0.15) is 26.3 Å². The summed E-state index contributed by atoms with van der Waals surface area (Å²) in [6.07, 6.45) is 1.88. The molecule has 0 unspecified atom stereocenters. The van der Waals surface area contributed by atoms with Crippen LogP contribution in [0.4, 0.5) is 0 Å². The molecule has 0 aromatic heterocycles. The topological polar surface area (TPSA) is 21.6 Å². The Morgan fingerprint density at radius 3 is 2.47 bits per heavy atom. The van der Waals surface area contributed by atoms with Gasteiger partial charge in [-0.05, 0) is 26.3 Å². The molecule has 1 aromatic carbocycles. The van der Waals surface area contributed by atoms with E-state index in [0.717, 1.165) is 5.56 Å². The van der Waals surface area contributed by atoms with Gasteiger partial charge in [-0.25, -0.2) is 0 Å². The van der Waals surface area contributed by atoms with E-state index in [0.29, 0.717) is 13.2 Å². The van der Waals surface area contributed by atoms with Crippen molar-refractivity contribution >= 4 is 6.21 Å². The molecule has 2 heteroatoms. The molecule has 0 N–H and O–H groups in total. The Labute approximate surface area is 92.0 Å². The van der Waals surface area contributed by atoms with Crippen molar-refractivity contribution in [1.82, 2.24) is 0 Å². The molecule has 0 amide bonds. The van der Waals surface area contributed by atoms with Gasteiger partial charge < -0.3 is 4.74 Å². The SMILES string of the molecule is CC(C)(C)OCC/N=C/c1ccccc1. The summed E-state index contributed by atoms with van der Waals surface area (Å²) >= 11 is 0. The highest BCUT2D eigenvalue weighted by Crippen LogP contribution is 2.05. The summed E-state index contributed by atoms with van der Waals surface area (Å²) in [4.78, 5) is 4.29. The highest BCUT2D eigenvalue weighted by atomic mass is 16.5. The van der Waals surface area contributed by atoms with Crippen LogP contribution >= 0.6 is 0 Å². The average molecular weight is 205 g/mol. The van der Waals surface area contributed by atoms with Crippen molar-refractivity contribution < 1.29 is 4.74 Å². The molecular weight excluding hydrogens is 186 g/mol. The Balaban J connectivity index is 2.24. The van der Waals surface area contributed by atoms with E-state index >= 15 is 0 Å². The van der Waals surface area contributed by atoms with Crippen LogP contribution in [-0.2, 0) is 4.74 Å². The largest absolute Gasteiger partial charge is 0.374 e. The summed E-state index contributed by atoms with van der Waals surface area (Å²) in [5.41, 5.74) is 1.07. The van der Waals surface area contributed by atoms with Gasteiger partial charge in [-0.1, -0.05) is 30.3 Å². The Hall–Kier alpha value is -1.15. The maximum absolute atomic E-state index is 5.55. The second-order valence-electron chi connectivity index (χ2n) is 4.41. The number of hydrogen-bond acceptors (Lipinski definition) is 2. The Morgan fingerprint density at radius 1 is 1.20 bits per heavy atom. The van der Waals surface area contributed by atoms with Gasteiger partial charge in [0.05, 0.1) is 18.8 Å². The van der Waals surface area contributed by atoms with Gasteiger partial charge in [0.15, 0.2) is 0 Å². The van der Waals surface area contributed by atoms with Crippen LogP contribution < -0.4 is 0 Å². The zero-order valence-electron chi connectivity index (χ0n) is 9.73. The fourth-order valence-corrected chi connectivity index (χ4v) is 1.11. The minimum absolute atomic E-state index is 0.0672. The maximum Gasteiger partial charge on any atom is 0.0669 e. The molecule has 0 aliphatic carbocycles. The lowest BCUT2D eigenvalue weighted by molar-refractivity contribution is 0.00217. The van der Waals surface area contributed by atoms with Crippen molar-refractivity contribution in [2.45, 2.75) is 26.4 Å². The fourth-order valence-electron chi connectivity index (χ4n) is 1.11. The zero-order chi connectivity index (χ0) is 11.1. The van der Waals surface area contributed by atoms with Gasteiger partial charge in [0.2, 0.25) is 0 Å². The minimum atomic E-state index is -0.0672. The predicted octanol–water partition coefficient (Wildman–Crippen LogP) is 2.92. The van der Waals surface area contributed by atoms with Crippen LogP contribution in [-0.4, -0.2) is 25.0 Å². The fraction of sp³-hybridized carbons (Fsp3) is 0.462. The molecule has 0 aliphatic rings. The van der Waals surface area contributed by atoms with Crippen LogP contribution in [0.25, 0.3) is 0 Å². The Kier molecular flexibility index (Phi) is 4.50. The van der Waals surface area contributed by atoms with Gasteiger partial charge in [0, 0.05) is 6.21 Å². The van der Waals surface area contributed by atoms with Crippen LogP contribution in [0.3, 0.4) is 0 Å². The smallest absolute Gasteiger partial charge is 0.0669 e. The monoisotopic (exact) mass is 205 g/mol. The molecule has 2 nitrogen and oxygen atoms in total. The van der Waals surface area contributed by atoms with Crippen molar-refractivity contribution in [2.24, 2.45) is 4.99 Å². The molecule has 1 rings (SSSR count). The average Bonchev–Trinajstić information content (AvgIpc) is 2.17. The highest BCUT2D eigenvalue weighted by Gasteiger charge is 2.08. The van der Waals surface area contributed by atoms with E-state index < -0.39 is 0 Å². The molecule has 0 fully saturated rings. The summed E-state index contributed by atoms with van der Waals surface area (Å²) < 4.78 is 5.55. The molecular formula is C13H19NO. The standard InChI is InChI=1S/C13H19NO/c1-13(2,3)15-10-9-14-11-12-7-5-4-6-8-12/h4-8,11H,9-10H2,1-3H3/b14-11+. The van der Waals surface area contributed by atoms with Crippen molar-refractivity contribution in [1.29, 1.82) is 0 Å². The first-order valence-corrected chi connectivity index (χ1v) is 5.27. The molecule has 0 spiro atoms. The van der Waals surface area contributed by atoms with Crippen molar-refractivity contribution in [3.63, 3.8) is 0 Å². The number of ether oxygens (including phenoxy) is 1. The molecule has 0 saturated carbocycles. The van der Waals surface area contributed by atoms with Gasteiger partial charge in [-0.15, -0.1) is 0 Å². The number of benzene rings is 1. The predicted molar refractivity (Wildman–Crippen MR) is 64.6 cm³/mol. The lowest BCUT2D eigenvalue weighted by atomic mass is 10.2. The zero-order valence-corrected chi connectivity index (χ0v) is 9.73. The highest BCUT2D eigenvalue weighted by molar-refractivity contribution is 5.79. The second-order valence-corrected chi connectivity index (χ2v) is 4.41. The Morgan fingerprint density at radius 2 is 1.87 bits per heavy atom. The molecule has 0 atom stereocenters. The summed E-state index contributed by atoms with van der Waals surface area (Å²) in [5.74, 6) is 0. The van der Waals surface area contributed by atoms with Crippen LogP contribution in [0, 0.1) is 0 Å². The molecule has 0 heterocycles. The van der Waals surface area contributed by atoms with Crippen molar-refractivity contribution in [2.75, 3.05) is 13.2 Å². The van der Waals surface area contributed by atoms with E-state index in [4.69, 9.17) is 4.74 Å². The number of nitrogens with zero attached hydrogens (tertiary/aromatic N) is 1. The van der Waals surface area contributed by atoms with Crippen LogP contribution in [0.2, 0.25) is 0 Å². The van der Waals surface area contributed by atoms with Gasteiger partial charge in [0.25, 0.3) is 0 Å². The third-order valence-electron chi connectivity index (χ3n) is 1.80. The number of rotatable bonds is 4. The summed E-state index contributed by atoms with van der Waals surface area (Å²) in [5, 5.41) is 0. The summed E-state index contributed by atoms with van der Waals surface area (Å²) in [6, 6.07) is 10.1. The lowest BCUT2D eigenvalue weighted by Gasteiger charge is -2.18. The van der Waals surface area contributed by atoms with Gasteiger partial charge in [0.1, 0.15) is 0 Å². The molecule has 0 bridgehead atoms. The third-order valence-corrected chi connectivity index (χ3v) is 1.80. The van der Waals surface area contributed by atoms with Crippen molar-refractivity contribution in [3.8, 4) is 0 Å². The van der Waals surface area contributed by atoms with Gasteiger partial charge >= 0.3 is 0 Å². The molecule has 0 radical (unpaired) electrons. The summed E-state index contributed by atoms with van der Waals surface area (Å²) in [6.45, 7) is 7.54. The van der Waals surface area contributed by atoms with E-state index in [-0.39, 0.29) is 5.60 Å². The number of aliphatic imine (C=N–C) groups is 1. The van der Waals surface area contributed by atoms with Crippen LogP contribution in [0.5, 0.6) is 0 Å². The second kappa shape index (κ2) is 5.66. The van der Waals surface area contributed by atoms with E-state index in [1.807, 2.05) is 57.3 Å². The van der Waals surface area contributed by atoms with E-state index in [2.05, 4.69) is 4.99 Å². The first kappa shape index (κ1) is 11.9. The van der Waals surface area contributed by atoms with Crippen LogP contribution in [0.15, 0.2) is 35.3 Å². The maximum atomic E-state index is 5.55.